The first-order chi connectivity index (χ1) is 13.5. The summed E-state index contributed by atoms with van der Waals surface area (Å²) in [5.74, 6) is 0.500. The van der Waals surface area contributed by atoms with Crippen LogP contribution in [0.4, 0.5) is 4.39 Å². The van der Waals surface area contributed by atoms with Crippen LogP contribution in [-0.2, 0) is 19.6 Å². The Morgan fingerprint density at radius 1 is 0.929 bits per heavy atom. The molecule has 3 aromatic rings. The molecule has 0 bridgehead atoms. The summed E-state index contributed by atoms with van der Waals surface area (Å²) in [5, 5.41) is 0. The van der Waals surface area contributed by atoms with Gasteiger partial charge in [0.15, 0.2) is 0 Å². The van der Waals surface area contributed by atoms with Gasteiger partial charge in [-0.3, -0.25) is 4.90 Å². The van der Waals surface area contributed by atoms with E-state index < -0.39 is 0 Å². The molecule has 3 heteroatoms. The molecule has 0 spiro atoms. The van der Waals surface area contributed by atoms with Gasteiger partial charge in [0.25, 0.3) is 0 Å². The van der Waals surface area contributed by atoms with Gasteiger partial charge >= 0.3 is 0 Å². The summed E-state index contributed by atoms with van der Waals surface area (Å²) < 4.78 is 15.5. The minimum atomic E-state index is -0.186. The summed E-state index contributed by atoms with van der Waals surface area (Å²) in [6.45, 7) is 10.5. The fourth-order valence-electron chi connectivity index (χ4n) is 3.45. The lowest BCUT2D eigenvalue weighted by atomic mass is 10.1. The summed E-state index contributed by atoms with van der Waals surface area (Å²) in [6, 6.07) is 19.7. The SMILES string of the molecule is Cc1ccccc1CN(CCC(C)C)Cc1cccn1Cc1ccc(F)cc1. The van der Waals surface area contributed by atoms with Crippen molar-refractivity contribution in [3.05, 3.63) is 95.1 Å². The van der Waals surface area contributed by atoms with Crippen molar-refractivity contribution in [3.63, 3.8) is 0 Å². The maximum atomic E-state index is 13.2. The van der Waals surface area contributed by atoms with E-state index in [4.69, 9.17) is 0 Å². The Balaban J connectivity index is 1.74. The van der Waals surface area contributed by atoms with Gasteiger partial charge in [-0.05, 0) is 66.8 Å². The molecule has 2 nitrogen and oxygen atoms in total. The highest BCUT2D eigenvalue weighted by molar-refractivity contribution is 5.25. The van der Waals surface area contributed by atoms with Gasteiger partial charge in [-0.1, -0.05) is 50.2 Å². The Morgan fingerprint density at radius 3 is 2.39 bits per heavy atom. The Morgan fingerprint density at radius 2 is 1.68 bits per heavy atom. The fraction of sp³-hybridized carbons (Fsp3) is 0.360. The average Bonchev–Trinajstić information content (AvgIpc) is 3.10. The van der Waals surface area contributed by atoms with Gasteiger partial charge in [0.2, 0.25) is 0 Å². The lowest BCUT2D eigenvalue weighted by Gasteiger charge is -2.25. The van der Waals surface area contributed by atoms with Crippen molar-refractivity contribution in [3.8, 4) is 0 Å². The van der Waals surface area contributed by atoms with Crippen LogP contribution in [0, 0.1) is 18.7 Å². The molecule has 0 unspecified atom stereocenters. The molecule has 0 aliphatic carbocycles. The van der Waals surface area contributed by atoms with Crippen LogP contribution in [0.5, 0.6) is 0 Å². The Labute approximate surface area is 168 Å². The van der Waals surface area contributed by atoms with Crippen LogP contribution < -0.4 is 0 Å². The fourth-order valence-corrected chi connectivity index (χ4v) is 3.45. The predicted octanol–water partition coefficient (Wildman–Crippen LogP) is 6.03. The van der Waals surface area contributed by atoms with Crippen LogP contribution in [0.1, 0.15) is 42.7 Å². The highest BCUT2D eigenvalue weighted by atomic mass is 19.1. The zero-order valence-corrected chi connectivity index (χ0v) is 17.2. The summed E-state index contributed by atoms with van der Waals surface area (Å²) >= 11 is 0. The second kappa shape index (κ2) is 9.70. The molecule has 0 aliphatic heterocycles. The number of rotatable bonds is 9. The van der Waals surface area contributed by atoms with Gasteiger partial charge in [0.05, 0.1) is 0 Å². The van der Waals surface area contributed by atoms with Crippen molar-refractivity contribution in [2.75, 3.05) is 6.54 Å². The molecule has 0 N–H and O–H groups in total. The summed E-state index contributed by atoms with van der Waals surface area (Å²) in [6.07, 6.45) is 3.30. The van der Waals surface area contributed by atoms with Gasteiger partial charge in [-0.2, -0.15) is 0 Å². The van der Waals surface area contributed by atoms with E-state index in [-0.39, 0.29) is 5.82 Å². The van der Waals surface area contributed by atoms with E-state index in [2.05, 4.69) is 72.8 Å². The molecule has 1 heterocycles. The number of hydrogen-bond acceptors (Lipinski definition) is 1. The van der Waals surface area contributed by atoms with E-state index in [0.29, 0.717) is 5.92 Å². The van der Waals surface area contributed by atoms with Crippen LogP contribution in [0.15, 0.2) is 66.9 Å². The van der Waals surface area contributed by atoms with Crippen molar-refractivity contribution in [2.24, 2.45) is 5.92 Å². The molecule has 3 rings (SSSR count). The maximum absolute atomic E-state index is 13.2. The first-order valence-corrected chi connectivity index (χ1v) is 10.2. The van der Waals surface area contributed by atoms with Crippen LogP contribution in [0.3, 0.4) is 0 Å². The number of benzene rings is 2. The lowest BCUT2D eigenvalue weighted by molar-refractivity contribution is 0.235. The van der Waals surface area contributed by atoms with E-state index >= 15 is 0 Å². The Kier molecular flexibility index (Phi) is 7.05. The number of halogens is 1. The highest BCUT2D eigenvalue weighted by Gasteiger charge is 2.12. The molecule has 0 aliphatic rings. The first kappa shape index (κ1) is 20.3. The van der Waals surface area contributed by atoms with E-state index in [9.17, 15) is 4.39 Å². The van der Waals surface area contributed by atoms with E-state index in [1.54, 1.807) is 0 Å². The van der Waals surface area contributed by atoms with Crippen molar-refractivity contribution < 1.29 is 4.39 Å². The van der Waals surface area contributed by atoms with Gasteiger partial charge in [-0.25, -0.2) is 4.39 Å². The molecular formula is C25H31FN2. The van der Waals surface area contributed by atoms with Crippen molar-refractivity contribution in [2.45, 2.75) is 46.8 Å². The Hall–Kier alpha value is -2.39. The van der Waals surface area contributed by atoms with E-state index in [1.807, 2.05) is 12.1 Å². The molecule has 0 radical (unpaired) electrons. The average molecular weight is 379 g/mol. The van der Waals surface area contributed by atoms with Crippen molar-refractivity contribution in [1.82, 2.24) is 9.47 Å². The van der Waals surface area contributed by atoms with Crippen molar-refractivity contribution in [1.29, 1.82) is 0 Å². The zero-order chi connectivity index (χ0) is 19.9. The summed E-state index contributed by atoms with van der Waals surface area (Å²) in [7, 11) is 0. The predicted molar refractivity (Wildman–Crippen MR) is 115 cm³/mol. The summed E-state index contributed by atoms with van der Waals surface area (Å²) in [5.41, 5.74) is 5.15. The molecule has 0 saturated carbocycles. The molecular weight excluding hydrogens is 347 g/mol. The minimum absolute atomic E-state index is 0.186. The van der Waals surface area contributed by atoms with Gasteiger partial charge in [0, 0.05) is 31.5 Å². The number of nitrogens with zero attached hydrogens (tertiary/aromatic N) is 2. The largest absolute Gasteiger partial charge is 0.346 e. The molecule has 2 aromatic carbocycles. The summed E-state index contributed by atoms with van der Waals surface area (Å²) in [4.78, 5) is 2.54. The highest BCUT2D eigenvalue weighted by Crippen LogP contribution is 2.17. The van der Waals surface area contributed by atoms with E-state index in [0.717, 1.165) is 31.7 Å². The van der Waals surface area contributed by atoms with Gasteiger partial charge < -0.3 is 4.57 Å². The third kappa shape index (κ3) is 5.80. The number of aryl methyl sites for hydroxylation is 1. The molecule has 28 heavy (non-hydrogen) atoms. The topological polar surface area (TPSA) is 8.17 Å². The zero-order valence-electron chi connectivity index (χ0n) is 17.2. The standard InChI is InChI=1S/C25H31FN2/c1-20(2)14-16-27(18-23-8-5-4-7-21(23)3)19-25-9-6-15-28(25)17-22-10-12-24(26)13-11-22/h4-13,15,20H,14,16-19H2,1-3H3. The Bertz CT molecular complexity index is 864. The van der Waals surface area contributed by atoms with Crippen LogP contribution in [0.2, 0.25) is 0 Å². The molecule has 1 aromatic heterocycles. The van der Waals surface area contributed by atoms with Crippen LogP contribution in [0.25, 0.3) is 0 Å². The third-order valence-electron chi connectivity index (χ3n) is 5.25. The second-order valence-corrected chi connectivity index (χ2v) is 8.07. The molecule has 0 saturated heterocycles. The molecule has 0 atom stereocenters. The molecule has 0 fully saturated rings. The lowest BCUT2D eigenvalue weighted by Crippen LogP contribution is -2.26. The third-order valence-corrected chi connectivity index (χ3v) is 5.25. The number of hydrogen-bond donors (Lipinski definition) is 0. The quantitative estimate of drug-likeness (QED) is 0.441. The van der Waals surface area contributed by atoms with Gasteiger partial charge in [-0.15, -0.1) is 0 Å². The second-order valence-electron chi connectivity index (χ2n) is 8.07. The van der Waals surface area contributed by atoms with Crippen LogP contribution in [-0.4, -0.2) is 16.0 Å². The van der Waals surface area contributed by atoms with E-state index in [1.165, 1.54) is 35.4 Å². The molecule has 148 valence electrons. The van der Waals surface area contributed by atoms with Crippen LogP contribution >= 0.6 is 0 Å². The molecule has 0 amide bonds. The number of aromatic nitrogens is 1. The van der Waals surface area contributed by atoms with Gasteiger partial charge in [0.1, 0.15) is 5.82 Å². The smallest absolute Gasteiger partial charge is 0.123 e. The minimum Gasteiger partial charge on any atom is -0.346 e. The van der Waals surface area contributed by atoms with Crippen molar-refractivity contribution >= 4 is 0 Å². The maximum Gasteiger partial charge on any atom is 0.123 e. The normalized spacial score (nSPS) is 11.5. The monoisotopic (exact) mass is 378 g/mol. The first-order valence-electron chi connectivity index (χ1n) is 10.2.